The van der Waals surface area contributed by atoms with Gasteiger partial charge in [0.1, 0.15) is 0 Å². The molecule has 0 spiro atoms. The van der Waals surface area contributed by atoms with Gasteiger partial charge in [-0.05, 0) is 18.9 Å². The van der Waals surface area contributed by atoms with E-state index in [9.17, 15) is 0 Å². The number of hydrogen-bond acceptors (Lipinski definition) is 4. The zero-order valence-corrected chi connectivity index (χ0v) is 8.23. The minimum atomic E-state index is 0.418. The summed E-state index contributed by atoms with van der Waals surface area (Å²) < 4.78 is 5.20. The Bertz CT molecular complexity index is 310. The SMILES string of the molecule is COC1CC(Nc2cncc(N)c2)C1. The molecule has 1 aromatic rings. The van der Waals surface area contributed by atoms with Crippen LogP contribution < -0.4 is 11.1 Å². The summed E-state index contributed by atoms with van der Waals surface area (Å²) in [6.07, 6.45) is 5.97. The largest absolute Gasteiger partial charge is 0.397 e. The van der Waals surface area contributed by atoms with Crippen molar-refractivity contribution in [3.8, 4) is 0 Å². The average Bonchev–Trinajstić information content (AvgIpc) is 2.10. The molecule has 14 heavy (non-hydrogen) atoms. The Morgan fingerprint density at radius 1 is 1.50 bits per heavy atom. The zero-order chi connectivity index (χ0) is 9.97. The predicted octanol–water partition coefficient (Wildman–Crippen LogP) is 1.25. The minimum Gasteiger partial charge on any atom is -0.397 e. The second kappa shape index (κ2) is 3.84. The summed E-state index contributed by atoms with van der Waals surface area (Å²) in [6, 6.07) is 2.40. The van der Waals surface area contributed by atoms with Crippen LogP contribution in [0.25, 0.3) is 0 Å². The molecule has 0 aliphatic heterocycles. The smallest absolute Gasteiger partial charge is 0.0610 e. The van der Waals surface area contributed by atoms with E-state index in [0.717, 1.165) is 18.5 Å². The fourth-order valence-electron chi connectivity index (χ4n) is 1.65. The molecule has 1 fully saturated rings. The van der Waals surface area contributed by atoms with Crippen molar-refractivity contribution in [1.29, 1.82) is 0 Å². The zero-order valence-electron chi connectivity index (χ0n) is 8.23. The fraction of sp³-hybridized carbons (Fsp3) is 0.500. The molecule has 0 bridgehead atoms. The number of anilines is 2. The van der Waals surface area contributed by atoms with Crippen LogP contribution >= 0.6 is 0 Å². The molecule has 4 nitrogen and oxygen atoms in total. The lowest BCUT2D eigenvalue weighted by atomic mass is 9.89. The van der Waals surface area contributed by atoms with E-state index in [0.29, 0.717) is 17.8 Å². The lowest BCUT2D eigenvalue weighted by Gasteiger charge is -2.35. The Labute approximate surface area is 83.5 Å². The van der Waals surface area contributed by atoms with Gasteiger partial charge in [-0.25, -0.2) is 0 Å². The third-order valence-corrected chi connectivity index (χ3v) is 2.56. The van der Waals surface area contributed by atoms with Gasteiger partial charge in [0.05, 0.1) is 23.7 Å². The van der Waals surface area contributed by atoms with Crippen molar-refractivity contribution in [2.45, 2.75) is 25.0 Å². The Morgan fingerprint density at radius 3 is 2.93 bits per heavy atom. The van der Waals surface area contributed by atoms with Gasteiger partial charge in [-0.2, -0.15) is 0 Å². The summed E-state index contributed by atoms with van der Waals surface area (Å²) in [5.74, 6) is 0. The van der Waals surface area contributed by atoms with Crippen molar-refractivity contribution in [2.75, 3.05) is 18.2 Å². The van der Waals surface area contributed by atoms with Crippen LogP contribution in [0.3, 0.4) is 0 Å². The highest BCUT2D eigenvalue weighted by atomic mass is 16.5. The van der Waals surface area contributed by atoms with Gasteiger partial charge in [0.2, 0.25) is 0 Å². The monoisotopic (exact) mass is 193 g/mol. The lowest BCUT2D eigenvalue weighted by Crippen LogP contribution is -2.40. The average molecular weight is 193 g/mol. The van der Waals surface area contributed by atoms with Crippen molar-refractivity contribution in [1.82, 2.24) is 4.98 Å². The molecule has 0 amide bonds. The van der Waals surface area contributed by atoms with E-state index in [2.05, 4.69) is 10.3 Å². The number of nitrogens with zero attached hydrogens (tertiary/aromatic N) is 1. The molecule has 0 atom stereocenters. The third kappa shape index (κ3) is 1.96. The maximum atomic E-state index is 5.62. The summed E-state index contributed by atoms with van der Waals surface area (Å²) in [6.45, 7) is 0. The number of hydrogen-bond donors (Lipinski definition) is 2. The molecule has 0 aromatic carbocycles. The fourth-order valence-corrected chi connectivity index (χ4v) is 1.65. The van der Waals surface area contributed by atoms with E-state index in [1.54, 1.807) is 19.5 Å². The topological polar surface area (TPSA) is 60.2 Å². The van der Waals surface area contributed by atoms with Gasteiger partial charge in [-0.15, -0.1) is 0 Å². The van der Waals surface area contributed by atoms with Crippen LogP contribution in [0.1, 0.15) is 12.8 Å². The predicted molar refractivity (Wildman–Crippen MR) is 56.1 cm³/mol. The van der Waals surface area contributed by atoms with Crippen LogP contribution in [-0.4, -0.2) is 24.2 Å². The van der Waals surface area contributed by atoms with E-state index in [4.69, 9.17) is 10.5 Å². The van der Waals surface area contributed by atoms with Gasteiger partial charge in [0, 0.05) is 19.3 Å². The molecule has 1 saturated carbocycles. The van der Waals surface area contributed by atoms with E-state index in [1.165, 1.54) is 0 Å². The lowest BCUT2D eigenvalue weighted by molar-refractivity contribution is 0.0328. The van der Waals surface area contributed by atoms with Crippen molar-refractivity contribution < 1.29 is 4.74 Å². The molecule has 0 unspecified atom stereocenters. The van der Waals surface area contributed by atoms with Crippen molar-refractivity contribution in [2.24, 2.45) is 0 Å². The Hall–Kier alpha value is -1.29. The standard InChI is InChI=1S/C10H15N3O/c1-14-10-3-8(4-10)13-9-2-7(11)5-12-6-9/h2,5-6,8,10,13H,3-4,11H2,1H3. The normalized spacial score (nSPS) is 25.5. The maximum absolute atomic E-state index is 5.62. The highest BCUT2D eigenvalue weighted by molar-refractivity contribution is 5.51. The molecule has 0 radical (unpaired) electrons. The summed E-state index contributed by atoms with van der Waals surface area (Å²) in [5.41, 5.74) is 7.30. The highest BCUT2D eigenvalue weighted by Gasteiger charge is 2.28. The number of pyridine rings is 1. The Kier molecular flexibility index (Phi) is 2.54. The molecule has 1 aromatic heterocycles. The van der Waals surface area contributed by atoms with Gasteiger partial charge >= 0.3 is 0 Å². The number of methoxy groups -OCH3 is 1. The quantitative estimate of drug-likeness (QED) is 0.758. The number of nitrogen functional groups attached to an aromatic ring is 1. The molecule has 3 N–H and O–H groups in total. The van der Waals surface area contributed by atoms with E-state index < -0.39 is 0 Å². The molecular formula is C10H15N3O. The highest BCUT2D eigenvalue weighted by Crippen LogP contribution is 2.26. The minimum absolute atomic E-state index is 0.418. The molecule has 2 rings (SSSR count). The van der Waals surface area contributed by atoms with Crippen LogP contribution in [0.2, 0.25) is 0 Å². The van der Waals surface area contributed by atoms with Gasteiger partial charge < -0.3 is 15.8 Å². The van der Waals surface area contributed by atoms with Crippen LogP contribution in [-0.2, 0) is 4.74 Å². The van der Waals surface area contributed by atoms with Crippen LogP contribution in [0.5, 0.6) is 0 Å². The molecular weight excluding hydrogens is 178 g/mol. The number of nitrogens with one attached hydrogen (secondary N) is 1. The summed E-state index contributed by atoms with van der Waals surface area (Å²) >= 11 is 0. The molecule has 1 aliphatic rings. The molecule has 76 valence electrons. The Balaban J connectivity index is 1.87. The van der Waals surface area contributed by atoms with Gasteiger partial charge in [-0.3, -0.25) is 4.98 Å². The first-order valence-electron chi connectivity index (χ1n) is 4.78. The van der Waals surface area contributed by atoms with Crippen molar-refractivity contribution in [3.05, 3.63) is 18.5 Å². The van der Waals surface area contributed by atoms with Gasteiger partial charge in [0.25, 0.3) is 0 Å². The van der Waals surface area contributed by atoms with Gasteiger partial charge in [0.15, 0.2) is 0 Å². The molecule has 4 heteroatoms. The number of rotatable bonds is 3. The molecule has 0 saturated heterocycles. The summed E-state index contributed by atoms with van der Waals surface area (Å²) in [5, 5.41) is 3.36. The van der Waals surface area contributed by atoms with Gasteiger partial charge in [-0.1, -0.05) is 0 Å². The van der Waals surface area contributed by atoms with E-state index >= 15 is 0 Å². The molecule has 1 heterocycles. The number of ether oxygens (including phenoxy) is 1. The van der Waals surface area contributed by atoms with Crippen molar-refractivity contribution >= 4 is 11.4 Å². The van der Waals surface area contributed by atoms with Crippen LogP contribution in [0.4, 0.5) is 11.4 Å². The first-order chi connectivity index (χ1) is 6.78. The summed E-state index contributed by atoms with van der Waals surface area (Å²) in [4.78, 5) is 4.02. The number of nitrogens with two attached hydrogens (primary N) is 1. The first-order valence-corrected chi connectivity index (χ1v) is 4.78. The van der Waals surface area contributed by atoms with Crippen molar-refractivity contribution in [3.63, 3.8) is 0 Å². The first kappa shape index (κ1) is 9.27. The second-order valence-electron chi connectivity index (χ2n) is 3.68. The van der Waals surface area contributed by atoms with Crippen LogP contribution in [0, 0.1) is 0 Å². The Morgan fingerprint density at radius 2 is 2.29 bits per heavy atom. The third-order valence-electron chi connectivity index (χ3n) is 2.56. The maximum Gasteiger partial charge on any atom is 0.0610 e. The van der Waals surface area contributed by atoms with Crippen LogP contribution in [0.15, 0.2) is 18.5 Å². The van der Waals surface area contributed by atoms with E-state index in [-0.39, 0.29) is 0 Å². The number of aromatic nitrogens is 1. The molecule has 1 aliphatic carbocycles. The second-order valence-corrected chi connectivity index (χ2v) is 3.68. The summed E-state index contributed by atoms with van der Waals surface area (Å²) in [7, 11) is 1.75. The van der Waals surface area contributed by atoms with E-state index in [1.807, 2.05) is 6.07 Å².